The predicted octanol–water partition coefficient (Wildman–Crippen LogP) is -4.27. The zero-order valence-electron chi connectivity index (χ0n) is 17.1. The minimum absolute atomic E-state index is 0. The zero-order valence-corrected chi connectivity index (χ0v) is 19.3. The molecule has 9 N–H and O–H groups in total. The van der Waals surface area contributed by atoms with Crippen LogP contribution in [-0.4, -0.2) is 101 Å². The molecule has 0 bridgehead atoms. The third kappa shape index (κ3) is 21.0. The molecule has 0 saturated carbocycles. The molecule has 13 nitrogen and oxygen atoms in total. The molecule has 14 heteroatoms. The van der Waals surface area contributed by atoms with E-state index in [-0.39, 0.29) is 50.6 Å². The van der Waals surface area contributed by atoms with E-state index < -0.39 is 54.4 Å². The largest absolute Gasteiger partial charge is 2.00 e. The van der Waals surface area contributed by atoms with Crippen molar-refractivity contribution in [1.29, 1.82) is 0 Å². The zero-order chi connectivity index (χ0) is 24.6. The second kappa shape index (κ2) is 19.4. The number of carboxylic acids is 5. The third-order valence-corrected chi connectivity index (χ3v) is 3.30. The monoisotopic (exact) mass is 483 g/mol. The van der Waals surface area contributed by atoms with Crippen LogP contribution in [-0.2, 0) is 30.4 Å². The molecule has 1 rings (SSSR count). The number of benzene rings is 1. The van der Waals surface area contributed by atoms with Crippen LogP contribution in [0.1, 0.15) is 24.8 Å². The standard InChI is InChI=1S/C9H11NO2.C5H9NO4.C4H7NO4.Ca/c10-8(9(11)12)6-7-4-2-1-3-5-7;6-3(5(9)10)1-2-4(7)8;5-2(4(8)9)1-3(6)7;/h1-5,8H,6,10H2,(H,11,12);3H,1-2,6H2,(H,7,8)(H,9,10);2H,1,5H2,(H,6,7)(H,8,9);/q;;;+2/p-2/t8-;3-;2-;/m000./s1. The fourth-order valence-corrected chi connectivity index (χ4v) is 1.62. The van der Waals surface area contributed by atoms with Crippen molar-refractivity contribution in [2.45, 2.75) is 43.8 Å². The number of carboxylic acid groups (broad SMARTS) is 5. The van der Waals surface area contributed by atoms with Crippen molar-refractivity contribution >= 4 is 67.6 Å². The minimum Gasteiger partial charge on any atom is -0.550 e. The first-order valence-corrected chi connectivity index (χ1v) is 8.66. The van der Waals surface area contributed by atoms with Gasteiger partial charge in [-0.2, -0.15) is 0 Å². The van der Waals surface area contributed by atoms with E-state index in [0.717, 1.165) is 5.56 Å². The van der Waals surface area contributed by atoms with Crippen LogP contribution in [0, 0.1) is 0 Å². The van der Waals surface area contributed by atoms with Gasteiger partial charge in [-0.25, -0.2) is 0 Å². The Hall–Kier alpha value is -2.29. The summed E-state index contributed by atoms with van der Waals surface area (Å²) in [5, 5.41) is 44.1. The summed E-state index contributed by atoms with van der Waals surface area (Å²) in [5.41, 5.74) is 16.1. The molecule has 0 heterocycles. The number of hydrogen-bond donors (Lipinski definition) is 6. The third-order valence-electron chi connectivity index (χ3n) is 3.30. The molecule has 0 amide bonds. The molecule has 174 valence electrons. The van der Waals surface area contributed by atoms with Crippen LogP contribution in [0.4, 0.5) is 0 Å². The van der Waals surface area contributed by atoms with Crippen molar-refractivity contribution in [2.24, 2.45) is 17.2 Å². The van der Waals surface area contributed by atoms with Crippen LogP contribution >= 0.6 is 0 Å². The summed E-state index contributed by atoms with van der Waals surface area (Å²) in [6.07, 6.45) is -0.656. The number of rotatable bonds is 10. The Labute approximate surface area is 213 Å². The summed E-state index contributed by atoms with van der Waals surface area (Å²) in [6.45, 7) is 0. The number of hydrogen-bond acceptors (Lipinski definition) is 10. The van der Waals surface area contributed by atoms with E-state index in [1.54, 1.807) is 0 Å². The van der Waals surface area contributed by atoms with Crippen LogP contribution in [0.5, 0.6) is 0 Å². The normalized spacial score (nSPS) is 12.1. The average Bonchev–Trinajstić information content (AvgIpc) is 2.67. The van der Waals surface area contributed by atoms with Gasteiger partial charge in [-0.1, -0.05) is 30.3 Å². The summed E-state index contributed by atoms with van der Waals surface area (Å²) >= 11 is 0. The van der Waals surface area contributed by atoms with Gasteiger partial charge in [0.1, 0.15) is 18.1 Å². The molecule has 3 atom stereocenters. The first-order valence-electron chi connectivity index (χ1n) is 8.66. The summed E-state index contributed by atoms with van der Waals surface area (Å²) in [4.78, 5) is 49.6. The first kappa shape index (κ1) is 34.3. The van der Waals surface area contributed by atoms with E-state index in [4.69, 9.17) is 32.5 Å². The molecular weight excluding hydrogens is 458 g/mol. The first-order chi connectivity index (χ1) is 14.3. The van der Waals surface area contributed by atoms with Gasteiger partial charge in [0, 0.05) is 18.4 Å². The second-order valence-corrected chi connectivity index (χ2v) is 6.01. The average molecular weight is 483 g/mol. The van der Waals surface area contributed by atoms with Crippen LogP contribution < -0.4 is 27.4 Å². The van der Waals surface area contributed by atoms with Gasteiger partial charge in [-0.05, 0) is 24.8 Å². The summed E-state index contributed by atoms with van der Waals surface area (Å²) in [6, 6.07) is 6.09. The Kier molecular flexibility index (Phi) is 20.8. The molecule has 0 aromatic heterocycles. The van der Waals surface area contributed by atoms with Crippen molar-refractivity contribution < 1.29 is 49.5 Å². The molecule has 0 aliphatic rings. The molecule has 0 aliphatic heterocycles. The van der Waals surface area contributed by atoms with Gasteiger partial charge in [0.15, 0.2) is 0 Å². The Morgan fingerprint density at radius 1 is 0.750 bits per heavy atom. The van der Waals surface area contributed by atoms with E-state index >= 15 is 0 Å². The number of aliphatic carboxylic acids is 5. The van der Waals surface area contributed by atoms with Gasteiger partial charge < -0.3 is 52.3 Å². The molecular formula is C18H25CaN3O10. The molecule has 0 fully saturated rings. The fourth-order valence-electron chi connectivity index (χ4n) is 1.62. The van der Waals surface area contributed by atoms with Crippen LogP contribution in [0.3, 0.4) is 0 Å². The predicted molar refractivity (Wildman–Crippen MR) is 107 cm³/mol. The summed E-state index contributed by atoms with van der Waals surface area (Å²) in [7, 11) is 0. The van der Waals surface area contributed by atoms with Crippen molar-refractivity contribution in [3.63, 3.8) is 0 Å². The molecule has 32 heavy (non-hydrogen) atoms. The van der Waals surface area contributed by atoms with Gasteiger partial charge >= 0.3 is 55.6 Å². The van der Waals surface area contributed by atoms with Crippen molar-refractivity contribution in [3.05, 3.63) is 35.9 Å². The van der Waals surface area contributed by atoms with E-state index in [1.165, 1.54) is 0 Å². The topological polar surface area (TPSA) is 270 Å². The smallest absolute Gasteiger partial charge is 0.550 e. The molecule has 0 spiro atoms. The van der Waals surface area contributed by atoms with Gasteiger partial charge in [0.25, 0.3) is 0 Å². The van der Waals surface area contributed by atoms with E-state index in [2.05, 4.69) is 0 Å². The molecule has 1 aromatic rings. The van der Waals surface area contributed by atoms with Crippen LogP contribution in [0.25, 0.3) is 0 Å². The summed E-state index contributed by atoms with van der Waals surface area (Å²) in [5.74, 6) is -6.22. The molecule has 0 unspecified atom stereocenters. The molecule has 0 aliphatic carbocycles. The maximum absolute atomic E-state index is 10.4. The van der Waals surface area contributed by atoms with E-state index in [0.29, 0.717) is 6.42 Å². The maximum Gasteiger partial charge on any atom is 2.00 e. The Balaban J connectivity index is -0.000000394. The fraction of sp³-hybridized carbons (Fsp3) is 0.389. The Morgan fingerprint density at radius 2 is 1.19 bits per heavy atom. The Morgan fingerprint density at radius 3 is 1.50 bits per heavy atom. The van der Waals surface area contributed by atoms with Crippen LogP contribution in [0.2, 0.25) is 0 Å². The number of carbonyl (C=O) groups excluding carboxylic acids is 2. The van der Waals surface area contributed by atoms with Gasteiger partial charge in [-0.3, -0.25) is 14.4 Å². The Bertz CT molecular complexity index is 733. The van der Waals surface area contributed by atoms with E-state index in [1.807, 2.05) is 30.3 Å². The van der Waals surface area contributed by atoms with Crippen molar-refractivity contribution in [2.75, 3.05) is 0 Å². The summed E-state index contributed by atoms with van der Waals surface area (Å²) < 4.78 is 0. The van der Waals surface area contributed by atoms with E-state index in [9.17, 15) is 34.2 Å². The second-order valence-electron chi connectivity index (χ2n) is 6.01. The minimum atomic E-state index is -1.45. The number of carbonyl (C=O) groups is 5. The van der Waals surface area contributed by atoms with Crippen molar-refractivity contribution in [3.8, 4) is 0 Å². The maximum atomic E-state index is 10.4. The van der Waals surface area contributed by atoms with Gasteiger partial charge in [-0.15, -0.1) is 0 Å². The molecule has 0 radical (unpaired) electrons. The van der Waals surface area contributed by atoms with Crippen LogP contribution in [0.15, 0.2) is 30.3 Å². The molecule has 0 saturated heterocycles. The van der Waals surface area contributed by atoms with Gasteiger partial charge in [0.2, 0.25) is 0 Å². The van der Waals surface area contributed by atoms with Gasteiger partial charge in [0.05, 0.1) is 0 Å². The molecule has 1 aromatic carbocycles. The SMILES string of the molecule is N[C@@H](CC(=O)[O-])C(=O)O.N[C@@H](CCC(=O)[O-])C(=O)O.N[C@@H](Cc1ccccc1)C(=O)O.[Ca+2]. The number of nitrogens with two attached hydrogens (primary N) is 3. The van der Waals surface area contributed by atoms with Crippen molar-refractivity contribution in [1.82, 2.24) is 0 Å². The quantitative estimate of drug-likeness (QED) is 0.172.